The summed E-state index contributed by atoms with van der Waals surface area (Å²) in [5, 5.41) is 10.9. The van der Waals surface area contributed by atoms with Crippen molar-refractivity contribution in [3.05, 3.63) is 42.5 Å². The zero-order valence-electron chi connectivity index (χ0n) is 13.6. The van der Waals surface area contributed by atoms with Gasteiger partial charge in [-0.25, -0.2) is 4.79 Å². The summed E-state index contributed by atoms with van der Waals surface area (Å²) in [7, 11) is 0. The number of para-hydroxylation sites is 1. The number of urea groups is 1. The Balaban J connectivity index is 1.56. The van der Waals surface area contributed by atoms with Gasteiger partial charge in [0.2, 0.25) is 5.91 Å². The molecule has 0 unspecified atom stereocenters. The van der Waals surface area contributed by atoms with Gasteiger partial charge in [0, 0.05) is 38.8 Å². The zero-order valence-corrected chi connectivity index (χ0v) is 13.6. The van der Waals surface area contributed by atoms with E-state index in [1.807, 2.05) is 34.9 Å². The van der Waals surface area contributed by atoms with Gasteiger partial charge in [-0.1, -0.05) is 18.2 Å². The summed E-state index contributed by atoms with van der Waals surface area (Å²) < 4.78 is 1.84. The average molecular weight is 328 g/mol. The van der Waals surface area contributed by atoms with Crippen molar-refractivity contribution in [3.8, 4) is 5.69 Å². The van der Waals surface area contributed by atoms with E-state index in [9.17, 15) is 9.59 Å². The molecule has 0 spiro atoms. The second-order valence-corrected chi connectivity index (χ2v) is 5.60. The maximum Gasteiger partial charge on any atom is 0.317 e. The second kappa shape index (κ2) is 7.12. The summed E-state index contributed by atoms with van der Waals surface area (Å²) in [6.45, 7) is 4.06. The van der Waals surface area contributed by atoms with Crippen LogP contribution in [0.3, 0.4) is 0 Å². The number of nitrogens with zero attached hydrogens (tertiary/aromatic N) is 5. The van der Waals surface area contributed by atoms with Gasteiger partial charge >= 0.3 is 6.03 Å². The summed E-state index contributed by atoms with van der Waals surface area (Å²) >= 11 is 0. The van der Waals surface area contributed by atoms with Gasteiger partial charge in [-0.3, -0.25) is 9.36 Å². The van der Waals surface area contributed by atoms with Crippen LogP contribution in [0.2, 0.25) is 0 Å². The molecule has 1 aliphatic heterocycles. The van der Waals surface area contributed by atoms with Crippen molar-refractivity contribution in [1.29, 1.82) is 0 Å². The van der Waals surface area contributed by atoms with Crippen LogP contribution in [0.5, 0.6) is 0 Å². The van der Waals surface area contributed by atoms with E-state index in [2.05, 4.69) is 15.5 Å². The molecule has 1 aliphatic rings. The molecule has 0 radical (unpaired) electrons. The number of hydrogen-bond donors (Lipinski definition) is 1. The minimum Gasteiger partial charge on any atom is -0.339 e. The molecule has 0 bridgehead atoms. The van der Waals surface area contributed by atoms with Gasteiger partial charge in [0.15, 0.2) is 5.82 Å². The van der Waals surface area contributed by atoms with Crippen molar-refractivity contribution in [1.82, 2.24) is 29.9 Å². The molecule has 8 nitrogen and oxygen atoms in total. The monoisotopic (exact) mass is 328 g/mol. The van der Waals surface area contributed by atoms with Crippen LogP contribution in [-0.4, -0.2) is 62.7 Å². The van der Waals surface area contributed by atoms with E-state index < -0.39 is 0 Å². The number of amides is 3. The summed E-state index contributed by atoms with van der Waals surface area (Å²) in [5.74, 6) is 0.711. The Morgan fingerprint density at radius 3 is 2.42 bits per heavy atom. The van der Waals surface area contributed by atoms with Gasteiger partial charge in [0.25, 0.3) is 0 Å². The number of hydrogen-bond acceptors (Lipinski definition) is 4. The van der Waals surface area contributed by atoms with Gasteiger partial charge in [-0.05, 0) is 12.1 Å². The summed E-state index contributed by atoms with van der Waals surface area (Å²) in [6, 6.07) is 9.57. The third-order valence-electron chi connectivity index (χ3n) is 4.06. The van der Waals surface area contributed by atoms with Gasteiger partial charge in [0.1, 0.15) is 6.33 Å². The normalized spacial score (nSPS) is 14.5. The van der Waals surface area contributed by atoms with E-state index in [0.717, 1.165) is 5.69 Å². The topological polar surface area (TPSA) is 83.4 Å². The smallest absolute Gasteiger partial charge is 0.317 e. The Hall–Kier alpha value is -2.90. The number of carbonyl (C=O) groups excluding carboxylic acids is 2. The maximum absolute atomic E-state index is 12.3. The summed E-state index contributed by atoms with van der Waals surface area (Å²) in [5.41, 5.74) is 0.946. The minimum atomic E-state index is -0.152. The Bertz CT molecular complexity index is 706. The largest absolute Gasteiger partial charge is 0.339 e. The predicted molar refractivity (Wildman–Crippen MR) is 87.4 cm³/mol. The first-order chi connectivity index (χ1) is 11.6. The van der Waals surface area contributed by atoms with E-state index in [0.29, 0.717) is 38.5 Å². The number of carbonyl (C=O) groups is 2. The predicted octanol–water partition coefficient (Wildman–Crippen LogP) is 0.641. The minimum absolute atomic E-state index is 0.0472. The Labute approximate surface area is 140 Å². The fourth-order valence-electron chi connectivity index (χ4n) is 2.67. The molecule has 2 aromatic rings. The van der Waals surface area contributed by atoms with Gasteiger partial charge in [0.05, 0.1) is 6.54 Å². The van der Waals surface area contributed by atoms with Crippen LogP contribution in [0.15, 0.2) is 36.7 Å². The van der Waals surface area contributed by atoms with Crippen molar-refractivity contribution in [2.45, 2.75) is 13.5 Å². The van der Waals surface area contributed by atoms with Crippen LogP contribution >= 0.6 is 0 Å². The molecular formula is C16H20N6O2. The van der Waals surface area contributed by atoms with E-state index in [4.69, 9.17) is 0 Å². The van der Waals surface area contributed by atoms with Crippen molar-refractivity contribution in [2.24, 2.45) is 0 Å². The molecule has 126 valence electrons. The molecule has 1 aromatic heterocycles. The highest BCUT2D eigenvalue weighted by Gasteiger charge is 2.22. The molecule has 3 amide bonds. The first kappa shape index (κ1) is 16.0. The highest BCUT2D eigenvalue weighted by molar-refractivity contribution is 5.76. The number of aromatic nitrogens is 3. The summed E-state index contributed by atoms with van der Waals surface area (Å²) in [6.07, 6.45) is 1.63. The van der Waals surface area contributed by atoms with Gasteiger partial charge in [-0.2, -0.15) is 0 Å². The van der Waals surface area contributed by atoms with E-state index >= 15 is 0 Å². The fourth-order valence-corrected chi connectivity index (χ4v) is 2.67. The lowest BCUT2D eigenvalue weighted by atomic mass is 10.3. The number of benzene rings is 1. The van der Waals surface area contributed by atoms with Crippen molar-refractivity contribution in [3.63, 3.8) is 0 Å². The molecule has 0 atom stereocenters. The lowest BCUT2D eigenvalue weighted by Crippen LogP contribution is -2.52. The third-order valence-corrected chi connectivity index (χ3v) is 4.06. The molecule has 1 N–H and O–H groups in total. The zero-order chi connectivity index (χ0) is 16.9. The Morgan fingerprint density at radius 2 is 1.75 bits per heavy atom. The van der Waals surface area contributed by atoms with Crippen LogP contribution in [0.4, 0.5) is 4.79 Å². The third kappa shape index (κ3) is 3.53. The highest BCUT2D eigenvalue weighted by Crippen LogP contribution is 2.09. The molecule has 24 heavy (non-hydrogen) atoms. The number of piperazine rings is 1. The summed E-state index contributed by atoms with van der Waals surface area (Å²) in [4.78, 5) is 27.0. The SMILES string of the molecule is CC(=O)N1CCN(C(=O)NCc2nncn2-c2ccccc2)CC1. The van der Waals surface area contributed by atoms with Crippen LogP contribution in [-0.2, 0) is 11.3 Å². The molecular weight excluding hydrogens is 308 g/mol. The number of rotatable bonds is 3. The Kier molecular flexibility index (Phi) is 4.74. The van der Waals surface area contributed by atoms with Crippen LogP contribution in [0, 0.1) is 0 Å². The fraction of sp³-hybridized carbons (Fsp3) is 0.375. The average Bonchev–Trinajstić information content (AvgIpc) is 3.09. The molecule has 0 saturated carbocycles. The van der Waals surface area contributed by atoms with Crippen molar-refractivity contribution < 1.29 is 9.59 Å². The van der Waals surface area contributed by atoms with E-state index in [1.165, 1.54) is 0 Å². The maximum atomic E-state index is 12.3. The van der Waals surface area contributed by atoms with Gasteiger partial charge < -0.3 is 15.1 Å². The quantitative estimate of drug-likeness (QED) is 0.896. The van der Waals surface area contributed by atoms with Crippen LogP contribution in [0.25, 0.3) is 5.69 Å². The van der Waals surface area contributed by atoms with E-state index in [-0.39, 0.29) is 11.9 Å². The molecule has 1 fully saturated rings. The van der Waals surface area contributed by atoms with Crippen LogP contribution < -0.4 is 5.32 Å². The second-order valence-electron chi connectivity index (χ2n) is 5.60. The first-order valence-electron chi connectivity index (χ1n) is 7.88. The number of nitrogens with one attached hydrogen (secondary N) is 1. The Morgan fingerprint density at radius 1 is 1.08 bits per heavy atom. The highest BCUT2D eigenvalue weighted by atomic mass is 16.2. The lowest BCUT2D eigenvalue weighted by Gasteiger charge is -2.34. The van der Waals surface area contributed by atoms with E-state index in [1.54, 1.807) is 23.1 Å². The molecule has 8 heteroatoms. The molecule has 0 aliphatic carbocycles. The standard InChI is InChI=1S/C16H20N6O2/c1-13(23)20-7-9-21(10-8-20)16(24)17-11-15-19-18-12-22(15)14-5-3-2-4-6-14/h2-6,12H,7-11H2,1H3,(H,17,24). The molecule has 1 saturated heterocycles. The van der Waals surface area contributed by atoms with Crippen molar-refractivity contribution >= 4 is 11.9 Å². The molecule has 3 rings (SSSR count). The molecule has 1 aromatic carbocycles. The first-order valence-corrected chi connectivity index (χ1v) is 7.88. The molecule has 2 heterocycles. The van der Waals surface area contributed by atoms with Gasteiger partial charge in [-0.15, -0.1) is 10.2 Å². The van der Waals surface area contributed by atoms with Crippen molar-refractivity contribution in [2.75, 3.05) is 26.2 Å². The lowest BCUT2D eigenvalue weighted by molar-refractivity contribution is -0.130. The van der Waals surface area contributed by atoms with Crippen LogP contribution in [0.1, 0.15) is 12.7 Å².